The van der Waals surface area contributed by atoms with Gasteiger partial charge in [-0.25, -0.2) is 9.78 Å². The molecule has 148 valence electrons. The number of pyridine rings is 1. The number of hydrogen-bond acceptors (Lipinski definition) is 6. The summed E-state index contributed by atoms with van der Waals surface area (Å²) in [6.45, 7) is 6.28. The predicted octanol–water partition coefficient (Wildman–Crippen LogP) is 3.14. The molecule has 3 rings (SSSR count). The second-order valence-electron chi connectivity index (χ2n) is 7.38. The van der Waals surface area contributed by atoms with Crippen LogP contribution >= 0.6 is 0 Å². The Balaban J connectivity index is 1.83. The molecule has 0 aliphatic carbocycles. The van der Waals surface area contributed by atoms with Crippen molar-refractivity contribution in [2.45, 2.75) is 27.4 Å². The molecular weight excluding hydrogens is 368 g/mol. The average Bonchev–Trinajstić information content (AvgIpc) is 3.02. The first-order valence-electron chi connectivity index (χ1n) is 9.11. The first-order chi connectivity index (χ1) is 13.8. The van der Waals surface area contributed by atoms with Crippen LogP contribution in [0.2, 0.25) is 0 Å². The second-order valence-corrected chi connectivity index (χ2v) is 7.38. The maximum Gasteiger partial charge on any atom is 0.460 e. The molecule has 2 heterocycles. The fraction of sp³-hybridized carbons (Fsp3) is 0.273. The van der Waals surface area contributed by atoms with Gasteiger partial charge in [0.15, 0.2) is 18.1 Å². The third kappa shape index (κ3) is 5.66. The van der Waals surface area contributed by atoms with E-state index in [1.54, 1.807) is 7.05 Å². The van der Waals surface area contributed by atoms with Crippen molar-refractivity contribution >= 4 is 5.71 Å². The number of oxime groups is 1. The van der Waals surface area contributed by atoms with E-state index < -0.39 is 5.76 Å². The van der Waals surface area contributed by atoms with Crippen molar-refractivity contribution in [3.05, 3.63) is 81.9 Å². The minimum absolute atomic E-state index is 0.101. The van der Waals surface area contributed by atoms with Crippen LogP contribution in [0.5, 0.6) is 0 Å². The van der Waals surface area contributed by atoms with Crippen LogP contribution in [0.3, 0.4) is 0 Å². The third-order valence-electron chi connectivity index (χ3n) is 3.71. The van der Waals surface area contributed by atoms with Crippen molar-refractivity contribution in [1.82, 2.24) is 14.7 Å². The van der Waals surface area contributed by atoms with Gasteiger partial charge in [-0.05, 0) is 38.8 Å². The fourth-order valence-electron chi connectivity index (χ4n) is 2.40. The molecule has 29 heavy (non-hydrogen) atoms. The Labute approximate surface area is 169 Å². The van der Waals surface area contributed by atoms with Gasteiger partial charge in [0.2, 0.25) is 0 Å². The van der Waals surface area contributed by atoms with Crippen LogP contribution in [0.1, 0.15) is 43.5 Å². The lowest BCUT2D eigenvalue weighted by atomic mass is 9.98. The smallest absolute Gasteiger partial charge is 0.389 e. The predicted molar refractivity (Wildman–Crippen MR) is 109 cm³/mol. The summed E-state index contributed by atoms with van der Waals surface area (Å²) in [7, 11) is 1.58. The lowest BCUT2D eigenvalue weighted by molar-refractivity contribution is 0.127. The van der Waals surface area contributed by atoms with Gasteiger partial charge in [-0.3, -0.25) is 0 Å². The van der Waals surface area contributed by atoms with E-state index in [2.05, 4.69) is 27.0 Å². The highest BCUT2D eigenvalue weighted by molar-refractivity contribution is 6.10. The van der Waals surface area contributed by atoms with Crippen molar-refractivity contribution in [2.24, 2.45) is 17.6 Å². The Morgan fingerprint density at radius 3 is 2.55 bits per heavy atom. The second kappa shape index (κ2) is 8.57. The van der Waals surface area contributed by atoms with Crippen molar-refractivity contribution in [3.63, 3.8) is 0 Å². The van der Waals surface area contributed by atoms with E-state index in [-0.39, 0.29) is 17.8 Å². The van der Waals surface area contributed by atoms with Crippen molar-refractivity contribution in [3.8, 4) is 11.8 Å². The van der Waals surface area contributed by atoms with E-state index in [4.69, 9.17) is 9.36 Å². The summed E-state index contributed by atoms with van der Waals surface area (Å²) in [5.74, 6) is 5.81. The standard InChI is InChI=1S/C22H22N4O3/c1-22(2,3)14-13-17-11-8-12-18(23-17)15-28-25-19(16-9-6-5-7-10-16)20-24-21(27)29-26(20)4/h5-12H,15H2,1-4H3/b25-19-. The highest BCUT2D eigenvalue weighted by atomic mass is 16.6. The van der Waals surface area contributed by atoms with Gasteiger partial charge >= 0.3 is 5.76 Å². The molecule has 0 saturated heterocycles. The van der Waals surface area contributed by atoms with E-state index in [1.165, 1.54) is 4.74 Å². The number of hydrogen-bond donors (Lipinski definition) is 0. The molecule has 0 bridgehead atoms. The van der Waals surface area contributed by atoms with Crippen molar-refractivity contribution in [2.75, 3.05) is 0 Å². The van der Waals surface area contributed by atoms with Gasteiger partial charge in [0.05, 0.1) is 5.69 Å². The van der Waals surface area contributed by atoms with Crippen LogP contribution in [0, 0.1) is 17.3 Å². The van der Waals surface area contributed by atoms with Gasteiger partial charge in [-0.15, -0.1) is 0 Å². The maximum atomic E-state index is 11.5. The maximum absolute atomic E-state index is 11.5. The summed E-state index contributed by atoms with van der Waals surface area (Å²) >= 11 is 0. The zero-order chi connectivity index (χ0) is 20.9. The summed E-state index contributed by atoms with van der Waals surface area (Å²) in [6, 6.07) is 14.9. The highest BCUT2D eigenvalue weighted by Crippen LogP contribution is 2.11. The monoisotopic (exact) mass is 390 g/mol. The van der Waals surface area contributed by atoms with Crippen molar-refractivity contribution < 1.29 is 9.36 Å². The number of benzene rings is 1. The van der Waals surface area contributed by atoms with Crippen LogP contribution in [0.25, 0.3) is 0 Å². The molecule has 0 atom stereocenters. The van der Waals surface area contributed by atoms with Crippen LogP contribution in [0.15, 0.2) is 63.0 Å². The van der Waals surface area contributed by atoms with Gasteiger partial charge in [0.25, 0.3) is 0 Å². The molecule has 7 nitrogen and oxygen atoms in total. The zero-order valence-electron chi connectivity index (χ0n) is 16.8. The number of aryl methyl sites for hydroxylation is 1. The summed E-state index contributed by atoms with van der Waals surface area (Å²) < 4.78 is 6.20. The highest BCUT2D eigenvalue weighted by Gasteiger charge is 2.16. The van der Waals surface area contributed by atoms with E-state index >= 15 is 0 Å². The summed E-state index contributed by atoms with van der Waals surface area (Å²) in [6.07, 6.45) is 0. The summed E-state index contributed by atoms with van der Waals surface area (Å²) in [5, 5.41) is 4.21. The molecule has 0 fully saturated rings. The van der Waals surface area contributed by atoms with Gasteiger partial charge in [0, 0.05) is 18.0 Å². The molecule has 0 aliphatic rings. The molecule has 0 amide bonds. The average molecular weight is 390 g/mol. The van der Waals surface area contributed by atoms with Crippen LogP contribution in [0.4, 0.5) is 0 Å². The number of aromatic nitrogens is 3. The summed E-state index contributed by atoms with van der Waals surface area (Å²) in [5.41, 5.74) is 2.40. The Kier molecular flexibility index (Phi) is 5.93. The van der Waals surface area contributed by atoms with Gasteiger partial charge in [-0.1, -0.05) is 47.5 Å². The SMILES string of the molecule is Cn1oc(=O)nc1/C(=N\OCc1cccc(C#CC(C)(C)C)n1)c1ccccc1. The summed E-state index contributed by atoms with van der Waals surface area (Å²) in [4.78, 5) is 25.4. The van der Waals surface area contributed by atoms with Gasteiger partial charge in [0.1, 0.15) is 5.69 Å². The van der Waals surface area contributed by atoms with E-state index in [9.17, 15) is 4.79 Å². The molecule has 0 aliphatic heterocycles. The third-order valence-corrected chi connectivity index (χ3v) is 3.71. The molecule has 0 N–H and O–H groups in total. The molecule has 0 radical (unpaired) electrons. The van der Waals surface area contributed by atoms with Gasteiger partial charge in [-0.2, -0.15) is 9.72 Å². The normalized spacial score (nSPS) is 11.7. The molecular formula is C22H22N4O3. The van der Waals surface area contributed by atoms with Crippen LogP contribution < -0.4 is 5.76 Å². The fourth-order valence-corrected chi connectivity index (χ4v) is 2.40. The number of rotatable bonds is 5. The molecule has 7 heteroatoms. The molecule has 0 unspecified atom stereocenters. The first-order valence-corrected chi connectivity index (χ1v) is 9.11. The first kappa shape index (κ1) is 20.1. The Bertz CT molecular complexity index is 1130. The Hall–Kier alpha value is -3.66. The largest absolute Gasteiger partial charge is 0.460 e. The topological polar surface area (TPSA) is 82.5 Å². The van der Waals surface area contributed by atoms with E-state index in [0.717, 1.165) is 5.56 Å². The van der Waals surface area contributed by atoms with Gasteiger partial charge < -0.3 is 9.36 Å². The minimum Gasteiger partial charge on any atom is -0.389 e. The molecule has 3 aromatic rings. The Morgan fingerprint density at radius 1 is 1.14 bits per heavy atom. The zero-order valence-corrected chi connectivity index (χ0v) is 16.8. The van der Waals surface area contributed by atoms with Crippen LogP contribution in [-0.4, -0.2) is 20.4 Å². The van der Waals surface area contributed by atoms with E-state index in [0.29, 0.717) is 17.1 Å². The molecule has 0 spiro atoms. The van der Waals surface area contributed by atoms with Crippen LogP contribution in [-0.2, 0) is 18.5 Å². The molecule has 0 saturated carbocycles. The number of nitrogens with zero attached hydrogens (tertiary/aromatic N) is 4. The lowest BCUT2D eigenvalue weighted by Crippen LogP contribution is -2.12. The molecule has 1 aromatic carbocycles. The van der Waals surface area contributed by atoms with Crippen molar-refractivity contribution in [1.29, 1.82) is 0 Å². The lowest BCUT2D eigenvalue weighted by Gasteiger charge is -2.07. The minimum atomic E-state index is -0.696. The quantitative estimate of drug-likeness (QED) is 0.380. The Morgan fingerprint density at radius 2 is 1.90 bits per heavy atom. The van der Waals surface area contributed by atoms with E-state index in [1.807, 2.05) is 69.3 Å². The molecule has 2 aromatic heterocycles.